The molecular weight excluding hydrogens is 407 g/mol. The van der Waals surface area contributed by atoms with Gasteiger partial charge in [0.05, 0.1) is 24.9 Å². The predicted molar refractivity (Wildman–Crippen MR) is 120 cm³/mol. The van der Waals surface area contributed by atoms with E-state index in [0.717, 1.165) is 19.5 Å². The van der Waals surface area contributed by atoms with E-state index in [1.807, 2.05) is 24.3 Å². The molecular formula is C25H23FN4O2. The maximum absolute atomic E-state index is 14.4. The van der Waals surface area contributed by atoms with E-state index in [1.54, 1.807) is 6.07 Å². The van der Waals surface area contributed by atoms with Crippen LogP contribution in [0, 0.1) is 18.3 Å². The minimum atomic E-state index is -0.647. The molecule has 6 nitrogen and oxygen atoms in total. The van der Waals surface area contributed by atoms with Crippen LogP contribution in [0.15, 0.2) is 53.3 Å². The Kier molecular flexibility index (Phi) is 5.46. The molecule has 1 aliphatic carbocycles. The number of nitrogens with zero attached hydrogens (tertiary/aromatic N) is 3. The molecule has 7 heteroatoms. The molecule has 5 rings (SSSR count). The number of benzene rings is 2. The van der Waals surface area contributed by atoms with Crippen LogP contribution in [0.25, 0.3) is 21.9 Å². The van der Waals surface area contributed by atoms with Gasteiger partial charge in [-0.3, -0.25) is 9.36 Å². The van der Waals surface area contributed by atoms with Gasteiger partial charge in [0.15, 0.2) is 5.82 Å². The summed E-state index contributed by atoms with van der Waals surface area (Å²) in [4.78, 5) is 20.9. The second-order valence-corrected chi connectivity index (χ2v) is 8.41. The standard InChI is InChI=1S/C25H23FN4O2/c1-27-22-9-6-19(12-21(22)26)25-29-23(32-15-16-10-11-28-14-16)13-24(31)30(25)20-7-4-18(5-8-20)17-2-3-17/h4-9,12-13,16-17,28H,2-3,10-11,14-15H2/t16-/m1/s1. The van der Waals surface area contributed by atoms with E-state index in [2.05, 4.69) is 15.1 Å². The number of nitrogens with one attached hydrogen (secondary N) is 1. The quantitative estimate of drug-likeness (QED) is 0.587. The molecule has 1 saturated carbocycles. The topological polar surface area (TPSA) is 60.5 Å². The summed E-state index contributed by atoms with van der Waals surface area (Å²) >= 11 is 0. The first-order chi connectivity index (χ1) is 15.6. The highest BCUT2D eigenvalue weighted by Gasteiger charge is 2.23. The van der Waals surface area contributed by atoms with Crippen LogP contribution in [0.1, 0.15) is 30.7 Å². The molecule has 1 aromatic heterocycles. The highest BCUT2D eigenvalue weighted by Crippen LogP contribution is 2.40. The van der Waals surface area contributed by atoms with Crippen molar-refractivity contribution in [2.75, 3.05) is 19.7 Å². The van der Waals surface area contributed by atoms with Crippen molar-refractivity contribution >= 4 is 5.69 Å². The van der Waals surface area contributed by atoms with Gasteiger partial charge in [0.25, 0.3) is 5.56 Å². The second-order valence-electron chi connectivity index (χ2n) is 8.41. The molecule has 1 atom stereocenters. The number of rotatable bonds is 6. The summed E-state index contributed by atoms with van der Waals surface area (Å²) in [6, 6.07) is 13.5. The van der Waals surface area contributed by atoms with Gasteiger partial charge in [-0.05, 0) is 55.5 Å². The van der Waals surface area contributed by atoms with Crippen LogP contribution in [0.3, 0.4) is 0 Å². The lowest BCUT2D eigenvalue weighted by molar-refractivity contribution is 0.250. The van der Waals surface area contributed by atoms with Crippen molar-refractivity contribution in [3.8, 4) is 23.0 Å². The normalized spacial score (nSPS) is 17.8. The Bertz CT molecular complexity index is 1240. The zero-order valence-electron chi connectivity index (χ0n) is 17.6. The average Bonchev–Trinajstić information content (AvgIpc) is 3.52. The average molecular weight is 430 g/mol. The van der Waals surface area contributed by atoms with Crippen LogP contribution in [0.5, 0.6) is 5.88 Å². The Hall–Kier alpha value is -3.50. The molecule has 1 saturated heterocycles. The fourth-order valence-electron chi connectivity index (χ4n) is 4.09. The van der Waals surface area contributed by atoms with Gasteiger partial charge >= 0.3 is 0 Å². The van der Waals surface area contributed by atoms with Crippen LogP contribution in [-0.4, -0.2) is 29.2 Å². The first-order valence-electron chi connectivity index (χ1n) is 10.9. The summed E-state index contributed by atoms with van der Waals surface area (Å²) in [5.74, 6) is 0.831. The largest absolute Gasteiger partial charge is 0.477 e. The highest BCUT2D eigenvalue weighted by molar-refractivity contribution is 5.63. The van der Waals surface area contributed by atoms with Gasteiger partial charge in [0, 0.05) is 18.0 Å². The molecule has 0 amide bonds. The Morgan fingerprint density at radius 1 is 1.16 bits per heavy atom. The van der Waals surface area contributed by atoms with Gasteiger partial charge in [0.1, 0.15) is 5.82 Å². The predicted octanol–water partition coefficient (Wildman–Crippen LogP) is 4.46. The number of hydrogen-bond acceptors (Lipinski definition) is 4. The van der Waals surface area contributed by atoms with Gasteiger partial charge in [-0.15, -0.1) is 0 Å². The molecule has 1 aliphatic heterocycles. The van der Waals surface area contributed by atoms with Crippen LogP contribution in [0.2, 0.25) is 0 Å². The number of hydrogen-bond donors (Lipinski definition) is 1. The third-order valence-electron chi connectivity index (χ3n) is 6.05. The van der Waals surface area contributed by atoms with Crippen molar-refractivity contribution < 1.29 is 9.13 Å². The summed E-state index contributed by atoms with van der Waals surface area (Å²) in [6.45, 7) is 9.38. The fraction of sp³-hybridized carbons (Fsp3) is 0.320. The molecule has 1 N–H and O–H groups in total. The van der Waals surface area contributed by atoms with Crippen molar-refractivity contribution in [2.24, 2.45) is 5.92 Å². The number of halogens is 1. The van der Waals surface area contributed by atoms with Gasteiger partial charge in [-0.2, -0.15) is 4.98 Å². The maximum atomic E-state index is 14.4. The molecule has 0 unspecified atom stereocenters. The molecule has 0 radical (unpaired) electrons. The van der Waals surface area contributed by atoms with Gasteiger partial charge < -0.3 is 10.1 Å². The molecule has 2 heterocycles. The smallest absolute Gasteiger partial charge is 0.262 e. The molecule has 32 heavy (non-hydrogen) atoms. The fourth-order valence-corrected chi connectivity index (χ4v) is 4.09. The number of ether oxygens (including phenoxy) is 1. The lowest BCUT2D eigenvalue weighted by Crippen LogP contribution is -2.23. The van der Waals surface area contributed by atoms with E-state index in [9.17, 15) is 9.18 Å². The highest BCUT2D eigenvalue weighted by atomic mass is 19.1. The van der Waals surface area contributed by atoms with Crippen molar-refractivity contribution in [2.45, 2.75) is 25.2 Å². The first kappa shape index (κ1) is 20.4. The Balaban J connectivity index is 1.56. The van der Waals surface area contributed by atoms with Crippen molar-refractivity contribution in [3.63, 3.8) is 0 Å². The Labute approximate surface area is 185 Å². The van der Waals surface area contributed by atoms with E-state index in [-0.39, 0.29) is 23.0 Å². The molecule has 2 aromatic carbocycles. The molecule has 162 valence electrons. The second kappa shape index (κ2) is 8.56. The SMILES string of the molecule is [C-]#[N+]c1ccc(-c2nc(OC[C@@H]3CCNC3)cc(=O)n2-c2ccc(C3CC3)cc2)cc1F. The van der Waals surface area contributed by atoms with Crippen molar-refractivity contribution in [3.05, 3.63) is 81.7 Å². The molecule has 3 aromatic rings. The van der Waals surface area contributed by atoms with Crippen molar-refractivity contribution in [1.29, 1.82) is 0 Å². The summed E-state index contributed by atoms with van der Waals surface area (Å²) in [5.41, 5.74) is 1.95. The first-order valence-corrected chi connectivity index (χ1v) is 10.9. The third kappa shape index (κ3) is 4.14. The van der Waals surface area contributed by atoms with Gasteiger partial charge in [-0.1, -0.05) is 24.3 Å². The van der Waals surface area contributed by atoms with E-state index < -0.39 is 5.82 Å². The molecule has 0 spiro atoms. The Morgan fingerprint density at radius 3 is 2.62 bits per heavy atom. The van der Waals surface area contributed by atoms with Gasteiger partial charge in [-0.25, -0.2) is 9.24 Å². The van der Waals surface area contributed by atoms with Crippen LogP contribution >= 0.6 is 0 Å². The number of aromatic nitrogens is 2. The summed E-state index contributed by atoms with van der Waals surface area (Å²) < 4.78 is 21.7. The van der Waals surface area contributed by atoms with E-state index >= 15 is 0 Å². The lowest BCUT2D eigenvalue weighted by atomic mass is 10.1. The summed E-state index contributed by atoms with van der Waals surface area (Å²) in [7, 11) is 0. The van der Waals surface area contributed by atoms with Crippen LogP contribution in [-0.2, 0) is 0 Å². The van der Waals surface area contributed by atoms with Crippen LogP contribution in [0.4, 0.5) is 10.1 Å². The molecule has 0 bridgehead atoms. The summed E-state index contributed by atoms with van der Waals surface area (Å²) in [5, 5.41) is 3.29. The molecule has 2 fully saturated rings. The van der Waals surface area contributed by atoms with E-state index in [4.69, 9.17) is 11.3 Å². The lowest BCUT2D eigenvalue weighted by Gasteiger charge is -2.16. The monoisotopic (exact) mass is 430 g/mol. The zero-order valence-corrected chi connectivity index (χ0v) is 17.6. The third-order valence-corrected chi connectivity index (χ3v) is 6.05. The minimum Gasteiger partial charge on any atom is -0.477 e. The van der Waals surface area contributed by atoms with E-state index in [0.29, 0.717) is 29.7 Å². The van der Waals surface area contributed by atoms with Gasteiger partial charge in [0.2, 0.25) is 11.6 Å². The molecule has 2 aliphatic rings. The maximum Gasteiger partial charge on any atom is 0.262 e. The zero-order chi connectivity index (χ0) is 22.1. The Morgan fingerprint density at radius 2 is 1.97 bits per heavy atom. The summed E-state index contributed by atoms with van der Waals surface area (Å²) in [6.07, 6.45) is 3.41. The van der Waals surface area contributed by atoms with E-state index in [1.165, 1.54) is 41.2 Å². The van der Waals surface area contributed by atoms with Crippen LogP contribution < -0.4 is 15.6 Å². The van der Waals surface area contributed by atoms with Crippen molar-refractivity contribution in [1.82, 2.24) is 14.9 Å². The minimum absolute atomic E-state index is 0.0717.